The maximum Gasteiger partial charge on any atom is 0.243 e. The van der Waals surface area contributed by atoms with E-state index in [1.54, 1.807) is 36.4 Å². The predicted octanol–water partition coefficient (Wildman–Crippen LogP) is 2.08. The average molecular weight is 542 g/mol. The normalized spacial score (nSPS) is 18.9. The van der Waals surface area contributed by atoms with E-state index in [4.69, 9.17) is 16.3 Å². The lowest BCUT2D eigenvalue weighted by Gasteiger charge is -2.30. The molecule has 0 saturated carbocycles. The summed E-state index contributed by atoms with van der Waals surface area (Å²) in [4.78, 5) is 13.1. The average Bonchev–Trinajstić information content (AvgIpc) is 2.88. The minimum atomic E-state index is -3.62. The number of piperidine rings is 1. The monoisotopic (exact) mass is 541 g/mol. The summed E-state index contributed by atoms with van der Waals surface area (Å²) in [6, 6.07) is 12.5. The topological polar surface area (TPSA) is 113 Å². The number of morpholine rings is 1. The number of rotatable bonds is 7. The van der Waals surface area contributed by atoms with Gasteiger partial charge < -0.3 is 10.1 Å². The fourth-order valence-corrected chi connectivity index (χ4v) is 7.17. The van der Waals surface area contributed by atoms with Gasteiger partial charge in [0.05, 0.1) is 23.0 Å². The van der Waals surface area contributed by atoms with Crippen molar-refractivity contribution in [2.24, 2.45) is 5.92 Å². The van der Waals surface area contributed by atoms with Crippen LogP contribution < -0.4 is 5.32 Å². The minimum Gasteiger partial charge on any atom is -0.379 e. The van der Waals surface area contributed by atoms with Gasteiger partial charge in [-0.25, -0.2) is 16.8 Å². The molecule has 2 aromatic carbocycles. The fourth-order valence-electron chi connectivity index (χ4n) is 4.16. The van der Waals surface area contributed by atoms with Gasteiger partial charge in [0, 0.05) is 43.7 Å². The number of carbonyl (C=O) groups excluding carboxylic acids is 1. The summed E-state index contributed by atoms with van der Waals surface area (Å²) in [6.45, 7) is 2.22. The van der Waals surface area contributed by atoms with Gasteiger partial charge in [-0.3, -0.25) is 4.79 Å². The summed E-state index contributed by atoms with van der Waals surface area (Å²) >= 11 is 5.85. The van der Waals surface area contributed by atoms with E-state index in [9.17, 15) is 21.6 Å². The molecule has 190 valence electrons. The Morgan fingerprint density at radius 1 is 0.829 bits per heavy atom. The molecule has 0 aromatic heterocycles. The van der Waals surface area contributed by atoms with Crippen molar-refractivity contribution in [3.63, 3.8) is 0 Å². The van der Waals surface area contributed by atoms with Crippen molar-refractivity contribution in [2.75, 3.05) is 39.4 Å². The molecule has 2 aliphatic heterocycles. The van der Waals surface area contributed by atoms with Crippen LogP contribution >= 0.6 is 11.6 Å². The molecule has 9 nitrogen and oxygen atoms in total. The molecule has 1 amide bonds. The highest BCUT2D eigenvalue weighted by atomic mass is 35.5. The van der Waals surface area contributed by atoms with Crippen molar-refractivity contribution in [2.45, 2.75) is 29.2 Å². The van der Waals surface area contributed by atoms with Crippen LogP contribution in [0.15, 0.2) is 58.3 Å². The molecule has 0 bridgehead atoms. The van der Waals surface area contributed by atoms with Crippen molar-refractivity contribution >= 4 is 37.6 Å². The zero-order valence-electron chi connectivity index (χ0n) is 19.1. The molecule has 2 fully saturated rings. The van der Waals surface area contributed by atoms with Crippen LogP contribution in [0.25, 0.3) is 0 Å². The van der Waals surface area contributed by atoms with Crippen molar-refractivity contribution in [3.8, 4) is 0 Å². The van der Waals surface area contributed by atoms with Crippen LogP contribution in [-0.4, -0.2) is 70.7 Å². The number of nitrogens with zero attached hydrogens (tertiary/aromatic N) is 2. The standard InChI is InChI=1S/C23H28ClN3O6S2/c24-20-3-7-22(8-4-20)34(29,30)26-11-9-19(10-12-26)23(28)25-17-18-1-5-21(6-2-18)35(31,32)27-13-15-33-16-14-27/h1-8,19H,9-17H2,(H,25,28). The molecule has 2 saturated heterocycles. The lowest BCUT2D eigenvalue weighted by molar-refractivity contribution is -0.126. The van der Waals surface area contributed by atoms with Crippen molar-refractivity contribution in [1.29, 1.82) is 0 Å². The first-order valence-corrected chi connectivity index (χ1v) is 14.6. The van der Waals surface area contributed by atoms with Gasteiger partial charge in [-0.05, 0) is 54.8 Å². The second-order valence-electron chi connectivity index (χ2n) is 8.51. The van der Waals surface area contributed by atoms with Gasteiger partial charge in [-0.1, -0.05) is 23.7 Å². The second-order valence-corrected chi connectivity index (χ2v) is 12.8. The molecule has 35 heavy (non-hydrogen) atoms. The lowest BCUT2D eigenvalue weighted by Crippen LogP contribution is -2.42. The summed E-state index contributed by atoms with van der Waals surface area (Å²) in [6.07, 6.45) is 0.852. The number of sulfonamides is 2. The Hall–Kier alpha value is -2.02. The number of halogens is 1. The van der Waals surface area contributed by atoms with Gasteiger partial charge >= 0.3 is 0 Å². The fraction of sp³-hybridized carbons (Fsp3) is 0.435. The number of hydrogen-bond donors (Lipinski definition) is 1. The van der Waals surface area contributed by atoms with Crippen LogP contribution in [0.4, 0.5) is 0 Å². The number of amides is 1. The summed E-state index contributed by atoms with van der Waals surface area (Å²) in [7, 11) is -7.19. The summed E-state index contributed by atoms with van der Waals surface area (Å²) in [5.74, 6) is -0.425. The van der Waals surface area contributed by atoms with Gasteiger partial charge in [0.2, 0.25) is 26.0 Å². The molecular formula is C23H28ClN3O6S2. The summed E-state index contributed by atoms with van der Waals surface area (Å²) < 4.78 is 59.1. The Kier molecular flexibility index (Phi) is 8.14. The molecule has 0 atom stereocenters. The number of ether oxygens (including phenoxy) is 1. The van der Waals surface area contributed by atoms with Crippen LogP contribution in [0.3, 0.4) is 0 Å². The third-order valence-electron chi connectivity index (χ3n) is 6.27. The zero-order chi connectivity index (χ0) is 25.1. The maximum absolute atomic E-state index is 12.8. The Balaban J connectivity index is 1.28. The molecule has 1 N–H and O–H groups in total. The third-order valence-corrected chi connectivity index (χ3v) is 10.4. The van der Waals surface area contributed by atoms with Crippen molar-refractivity contribution < 1.29 is 26.4 Å². The Labute approximate surface area is 211 Å². The van der Waals surface area contributed by atoms with Gasteiger partial charge in [-0.15, -0.1) is 0 Å². The molecule has 12 heteroatoms. The van der Waals surface area contributed by atoms with Crippen LogP contribution in [0, 0.1) is 5.92 Å². The maximum atomic E-state index is 12.8. The van der Waals surface area contributed by atoms with Gasteiger partial charge in [0.15, 0.2) is 0 Å². The first kappa shape index (κ1) is 26.1. The minimum absolute atomic E-state index is 0.140. The first-order valence-electron chi connectivity index (χ1n) is 11.4. The smallest absolute Gasteiger partial charge is 0.243 e. The van der Waals surface area contributed by atoms with Crippen LogP contribution in [-0.2, 0) is 36.1 Å². The van der Waals surface area contributed by atoms with E-state index in [0.717, 1.165) is 5.56 Å². The van der Waals surface area contributed by atoms with E-state index in [2.05, 4.69) is 5.32 Å². The SMILES string of the molecule is O=C(NCc1ccc(S(=O)(=O)N2CCOCC2)cc1)C1CCN(S(=O)(=O)c2ccc(Cl)cc2)CC1. The largest absolute Gasteiger partial charge is 0.379 e. The van der Waals surface area contributed by atoms with Crippen molar-refractivity contribution in [1.82, 2.24) is 13.9 Å². The quantitative estimate of drug-likeness (QED) is 0.574. The van der Waals surface area contributed by atoms with E-state index >= 15 is 0 Å². The third kappa shape index (κ3) is 6.04. The molecule has 0 radical (unpaired) electrons. The van der Waals surface area contributed by atoms with E-state index in [0.29, 0.717) is 44.2 Å². The van der Waals surface area contributed by atoms with Crippen LogP contribution in [0.1, 0.15) is 18.4 Å². The number of nitrogens with one attached hydrogen (secondary N) is 1. The van der Waals surface area contributed by atoms with E-state index in [1.165, 1.54) is 20.7 Å². The molecule has 4 rings (SSSR count). The highest BCUT2D eigenvalue weighted by molar-refractivity contribution is 7.89. The summed E-state index contributed by atoms with van der Waals surface area (Å²) in [5.41, 5.74) is 0.780. The van der Waals surface area contributed by atoms with E-state index in [-0.39, 0.29) is 41.3 Å². The van der Waals surface area contributed by atoms with Crippen LogP contribution in [0.2, 0.25) is 5.02 Å². The molecule has 0 aliphatic carbocycles. The lowest BCUT2D eigenvalue weighted by atomic mass is 9.97. The highest BCUT2D eigenvalue weighted by Crippen LogP contribution is 2.25. The zero-order valence-corrected chi connectivity index (χ0v) is 21.5. The Bertz CT molecular complexity index is 1240. The summed E-state index contributed by atoms with van der Waals surface area (Å²) in [5, 5.41) is 3.35. The van der Waals surface area contributed by atoms with Crippen molar-refractivity contribution in [3.05, 3.63) is 59.1 Å². The van der Waals surface area contributed by atoms with E-state index < -0.39 is 20.0 Å². The first-order chi connectivity index (χ1) is 16.7. The number of benzene rings is 2. The second kappa shape index (κ2) is 10.9. The van der Waals surface area contributed by atoms with Gasteiger partial charge in [0.1, 0.15) is 0 Å². The highest BCUT2D eigenvalue weighted by Gasteiger charge is 2.32. The Morgan fingerprint density at radius 3 is 1.86 bits per heavy atom. The Morgan fingerprint density at radius 2 is 1.31 bits per heavy atom. The molecular weight excluding hydrogens is 514 g/mol. The number of carbonyl (C=O) groups is 1. The van der Waals surface area contributed by atoms with Gasteiger partial charge in [-0.2, -0.15) is 8.61 Å². The van der Waals surface area contributed by atoms with Gasteiger partial charge in [0.25, 0.3) is 0 Å². The molecule has 2 aliphatic rings. The number of hydrogen-bond acceptors (Lipinski definition) is 6. The molecule has 0 spiro atoms. The van der Waals surface area contributed by atoms with E-state index in [1.807, 2.05) is 0 Å². The van der Waals surface area contributed by atoms with Crippen LogP contribution in [0.5, 0.6) is 0 Å². The molecule has 0 unspecified atom stereocenters. The molecule has 2 aromatic rings. The molecule has 2 heterocycles. The predicted molar refractivity (Wildman–Crippen MR) is 131 cm³/mol.